The van der Waals surface area contributed by atoms with Gasteiger partial charge in [-0.3, -0.25) is 0 Å². The molecular formula is C21H20N2. The number of hydrogen-bond acceptors (Lipinski definition) is 1. The van der Waals surface area contributed by atoms with Gasteiger partial charge in [0.05, 0.1) is 0 Å². The minimum Gasteiger partial charge on any atom is -0.361 e. The molecule has 0 radical (unpaired) electrons. The van der Waals surface area contributed by atoms with Crippen LogP contribution in [0.15, 0.2) is 72.9 Å². The first-order valence-electron chi connectivity index (χ1n) is 8.08. The van der Waals surface area contributed by atoms with E-state index >= 15 is 0 Å². The van der Waals surface area contributed by atoms with E-state index in [1.807, 2.05) is 6.20 Å². The van der Waals surface area contributed by atoms with E-state index in [0.29, 0.717) is 6.04 Å². The normalized spacial score (nSPS) is 12.7. The van der Waals surface area contributed by atoms with Crippen molar-refractivity contribution >= 4 is 21.7 Å². The van der Waals surface area contributed by atoms with Crippen molar-refractivity contribution in [2.24, 2.45) is 0 Å². The first-order valence-corrected chi connectivity index (χ1v) is 8.08. The van der Waals surface area contributed by atoms with Gasteiger partial charge in [-0.25, -0.2) is 0 Å². The first-order chi connectivity index (χ1) is 11.3. The fourth-order valence-corrected chi connectivity index (χ4v) is 3.22. The SMILES string of the molecule is CC(NCc1ccc2[nH]ccc2c1)c1cccc2ccccc12. The van der Waals surface area contributed by atoms with Crippen molar-refractivity contribution in [2.75, 3.05) is 0 Å². The first kappa shape index (κ1) is 14.0. The maximum absolute atomic E-state index is 3.65. The molecule has 1 atom stereocenters. The minimum atomic E-state index is 0.308. The second kappa shape index (κ2) is 5.90. The van der Waals surface area contributed by atoms with E-state index in [2.05, 4.69) is 84.0 Å². The lowest BCUT2D eigenvalue weighted by Gasteiger charge is -2.17. The molecule has 4 rings (SSSR count). The highest BCUT2D eigenvalue weighted by Gasteiger charge is 2.08. The topological polar surface area (TPSA) is 27.8 Å². The molecule has 3 aromatic carbocycles. The van der Waals surface area contributed by atoms with Crippen LogP contribution in [0.1, 0.15) is 24.1 Å². The quantitative estimate of drug-likeness (QED) is 0.534. The van der Waals surface area contributed by atoms with Gasteiger partial charge in [-0.2, -0.15) is 0 Å². The zero-order chi connectivity index (χ0) is 15.6. The van der Waals surface area contributed by atoms with Crippen molar-refractivity contribution < 1.29 is 0 Å². The third-order valence-corrected chi connectivity index (χ3v) is 4.52. The molecule has 0 aliphatic rings. The number of aromatic nitrogens is 1. The fraction of sp³-hybridized carbons (Fsp3) is 0.143. The van der Waals surface area contributed by atoms with Crippen molar-refractivity contribution in [2.45, 2.75) is 19.5 Å². The van der Waals surface area contributed by atoms with Crippen LogP contribution in [0.3, 0.4) is 0 Å². The zero-order valence-corrected chi connectivity index (χ0v) is 13.2. The van der Waals surface area contributed by atoms with Crippen molar-refractivity contribution in [1.29, 1.82) is 0 Å². The lowest BCUT2D eigenvalue weighted by Crippen LogP contribution is -2.18. The molecule has 114 valence electrons. The Hall–Kier alpha value is -2.58. The molecule has 2 nitrogen and oxygen atoms in total. The average molecular weight is 300 g/mol. The van der Waals surface area contributed by atoms with Crippen LogP contribution in [0.5, 0.6) is 0 Å². The molecule has 1 unspecified atom stereocenters. The number of H-pyrrole nitrogens is 1. The van der Waals surface area contributed by atoms with Crippen LogP contribution >= 0.6 is 0 Å². The maximum atomic E-state index is 3.65. The van der Waals surface area contributed by atoms with Crippen LogP contribution in [0.2, 0.25) is 0 Å². The average Bonchev–Trinajstić information content (AvgIpc) is 3.07. The molecule has 1 heterocycles. The number of benzene rings is 3. The summed E-state index contributed by atoms with van der Waals surface area (Å²) >= 11 is 0. The van der Waals surface area contributed by atoms with Crippen LogP contribution in [0.25, 0.3) is 21.7 Å². The number of aromatic amines is 1. The summed E-state index contributed by atoms with van der Waals surface area (Å²) in [5.74, 6) is 0. The van der Waals surface area contributed by atoms with E-state index in [4.69, 9.17) is 0 Å². The molecular weight excluding hydrogens is 280 g/mol. The highest BCUT2D eigenvalue weighted by atomic mass is 14.9. The summed E-state index contributed by atoms with van der Waals surface area (Å²) in [6.07, 6.45) is 1.99. The summed E-state index contributed by atoms with van der Waals surface area (Å²) in [5, 5.41) is 7.55. The van der Waals surface area contributed by atoms with E-state index in [-0.39, 0.29) is 0 Å². The van der Waals surface area contributed by atoms with Gasteiger partial charge in [0.1, 0.15) is 0 Å². The predicted molar refractivity (Wildman–Crippen MR) is 97.5 cm³/mol. The minimum absolute atomic E-state index is 0.308. The van der Waals surface area contributed by atoms with E-state index in [9.17, 15) is 0 Å². The van der Waals surface area contributed by atoms with Crippen LogP contribution in [-0.4, -0.2) is 4.98 Å². The summed E-state index contributed by atoms with van der Waals surface area (Å²) in [6.45, 7) is 3.10. The second-order valence-electron chi connectivity index (χ2n) is 6.07. The molecule has 0 bridgehead atoms. The highest BCUT2D eigenvalue weighted by Crippen LogP contribution is 2.24. The van der Waals surface area contributed by atoms with Gasteiger partial charge in [-0.1, -0.05) is 48.5 Å². The summed E-state index contributed by atoms with van der Waals surface area (Å²) < 4.78 is 0. The molecule has 0 saturated carbocycles. The Kier molecular flexibility index (Phi) is 3.60. The van der Waals surface area contributed by atoms with Gasteiger partial charge < -0.3 is 10.3 Å². The molecule has 0 aliphatic heterocycles. The van der Waals surface area contributed by atoms with E-state index in [1.54, 1.807) is 0 Å². The molecule has 0 spiro atoms. The van der Waals surface area contributed by atoms with Gasteiger partial charge >= 0.3 is 0 Å². The fourth-order valence-electron chi connectivity index (χ4n) is 3.22. The van der Waals surface area contributed by atoms with Gasteiger partial charge in [-0.15, -0.1) is 0 Å². The third kappa shape index (κ3) is 2.73. The van der Waals surface area contributed by atoms with E-state index in [0.717, 1.165) is 6.54 Å². The standard InChI is InChI=1S/C21H20N2/c1-15(19-8-4-6-17-5-2-3-7-20(17)19)23-14-16-9-10-21-18(13-16)11-12-22-21/h2-13,15,22-23H,14H2,1H3. The Labute approximate surface area is 136 Å². The number of rotatable bonds is 4. The van der Waals surface area contributed by atoms with Crippen molar-refractivity contribution in [3.63, 3.8) is 0 Å². The van der Waals surface area contributed by atoms with Crippen molar-refractivity contribution in [3.05, 3.63) is 84.1 Å². The molecule has 0 fully saturated rings. The van der Waals surface area contributed by atoms with Crippen LogP contribution in [-0.2, 0) is 6.54 Å². The summed E-state index contributed by atoms with van der Waals surface area (Å²) in [5.41, 5.74) is 3.85. The van der Waals surface area contributed by atoms with E-state index < -0.39 is 0 Å². The van der Waals surface area contributed by atoms with Crippen LogP contribution < -0.4 is 5.32 Å². The van der Waals surface area contributed by atoms with Crippen LogP contribution in [0, 0.1) is 0 Å². The molecule has 0 amide bonds. The lowest BCUT2D eigenvalue weighted by molar-refractivity contribution is 0.578. The lowest BCUT2D eigenvalue weighted by atomic mass is 9.99. The molecule has 0 saturated heterocycles. The van der Waals surface area contributed by atoms with Gasteiger partial charge in [0.25, 0.3) is 0 Å². The Morgan fingerprint density at radius 1 is 0.913 bits per heavy atom. The molecule has 23 heavy (non-hydrogen) atoms. The molecule has 1 aromatic heterocycles. The number of hydrogen-bond donors (Lipinski definition) is 2. The summed E-state index contributed by atoms with van der Waals surface area (Å²) in [4.78, 5) is 3.24. The smallest absolute Gasteiger partial charge is 0.0454 e. The van der Waals surface area contributed by atoms with Gasteiger partial charge in [-0.05, 0) is 52.4 Å². The Morgan fingerprint density at radius 2 is 1.78 bits per heavy atom. The van der Waals surface area contributed by atoms with Crippen LogP contribution in [0.4, 0.5) is 0 Å². The molecule has 4 aromatic rings. The number of fused-ring (bicyclic) bond motifs is 2. The summed E-state index contributed by atoms with van der Waals surface area (Å²) in [6, 6.07) is 24.1. The summed E-state index contributed by atoms with van der Waals surface area (Å²) in [7, 11) is 0. The van der Waals surface area contributed by atoms with E-state index in [1.165, 1.54) is 32.8 Å². The second-order valence-corrected chi connectivity index (χ2v) is 6.07. The van der Waals surface area contributed by atoms with Gasteiger partial charge in [0.15, 0.2) is 0 Å². The maximum Gasteiger partial charge on any atom is 0.0454 e. The highest BCUT2D eigenvalue weighted by molar-refractivity contribution is 5.86. The largest absolute Gasteiger partial charge is 0.361 e. The zero-order valence-electron chi connectivity index (χ0n) is 13.2. The molecule has 2 heteroatoms. The van der Waals surface area contributed by atoms with Crippen molar-refractivity contribution in [1.82, 2.24) is 10.3 Å². The monoisotopic (exact) mass is 300 g/mol. The van der Waals surface area contributed by atoms with Gasteiger partial charge in [0, 0.05) is 24.3 Å². The third-order valence-electron chi connectivity index (χ3n) is 4.52. The molecule has 0 aliphatic carbocycles. The molecule has 2 N–H and O–H groups in total. The van der Waals surface area contributed by atoms with Gasteiger partial charge in [0.2, 0.25) is 0 Å². The Bertz CT molecular complexity index is 947. The van der Waals surface area contributed by atoms with Crippen molar-refractivity contribution in [3.8, 4) is 0 Å². The number of nitrogens with one attached hydrogen (secondary N) is 2. The predicted octanol–water partition coefficient (Wildman–Crippen LogP) is 5.17. The Morgan fingerprint density at radius 3 is 2.74 bits per heavy atom. The Balaban J connectivity index is 1.55.